The number of carboxylic acid groups (broad SMARTS) is 1. The third kappa shape index (κ3) is 6.21. The molecule has 156 valence electrons. The smallest absolute Gasteiger partial charge is 0.339 e. The molecule has 0 fully saturated rings. The molecule has 0 aliphatic rings. The number of nitrogens with zero attached hydrogens (tertiary/aromatic N) is 2. The number of para-hydroxylation sites is 1. The summed E-state index contributed by atoms with van der Waals surface area (Å²) < 4.78 is 5.86. The van der Waals surface area contributed by atoms with Gasteiger partial charge in [-0.15, -0.1) is 0 Å². The van der Waals surface area contributed by atoms with Crippen LogP contribution in [0.1, 0.15) is 28.4 Å². The number of benzene rings is 2. The first-order valence-corrected chi connectivity index (χ1v) is 9.69. The molecule has 0 amide bonds. The normalized spacial score (nSPS) is 12.1. The molecular formula is C25H28N2O3. The maximum Gasteiger partial charge on any atom is 0.339 e. The number of carboxylic acids is 1. The largest absolute Gasteiger partial charge is 0.485 e. The van der Waals surface area contributed by atoms with Gasteiger partial charge in [-0.1, -0.05) is 60.7 Å². The van der Waals surface area contributed by atoms with Crippen LogP contribution in [-0.2, 0) is 6.54 Å². The van der Waals surface area contributed by atoms with Crippen LogP contribution in [-0.4, -0.2) is 35.5 Å². The second-order valence-electron chi connectivity index (χ2n) is 6.63. The van der Waals surface area contributed by atoms with E-state index in [1.54, 1.807) is 31.3 Å². The molecule has 0 saturated heterocycles. The van der Waals surface area contributed by atoms with Gasteiger partial charge in [0, 0.05) is 19.3 Å². The molecule has 5 heteroatoms. The molecule has 0 saturated carbocycles. The van der Waals surface area contributed by atoms with Gasteiger partial charge >= 0.3 is 5.97 Å². The number of ether oxygens (including phenoxy) is 1. The van der Waals surface area contributed by atoms with E-state index in [4.69, 9.17) is 4.74 Å². The summed E-state index contributed by atoms with van der Waals surface area (Å²) in [4.78, 5) is 17.9. The van der Waals surface area contributed by atoms with Crippen LogP contribution in [0.3, 0.4) is 0 Å². The molecule has 0 unspecified atom stereocenters. The van der Waals surface area contributed by atoms with Crippen molar-refractivity contribution in [2.75, 3.05) is 13.7 Å². The Labute approximate surface area is 178 Å². The van der Waals surface area contributed by atoms with Crippen LogP contribution in [0.2, 0.25) is 0 Å². The molecule has 0 spiro atoms. The SMILES string of the molecule is C=C/C(=C\C=C\C)N(Cc1cccc(C)c1)C(COc1ccccc1C(=O)O)=NC. The van der Waals surface area contributed by atoms with Crippen molar-refractivity contribution in [2.24, 2.45) is 4.99 Å². The van der Waals surface area contributed by atoms with Gasteiger partial charge in [0.25, 0.3) is 0 Å². The minimum Gasteiger partial charge on any atom is -0.485 e. The van der Waals surface area contributed by atoms with Gasteiger partial charge in [0.05, 0.1) is 0 Å². The monoisotopic (exact) mass is 404 g/mol. The van der Waals surface area contributed by atoms with Crippen LogP contribution in [0.5, 0.6) is 5.75 Å². The van der Waals surface area contributed by atoms with Crippen molar-refractivity contribution in [3.63, 3.8) is 0 Å². The number of allylic oxidation sites excluding steroid dienone is 4. The number of amidine groups is 1. The Bertz CT molecular complexity index is 974. The summed E-state index contributed by atoms with van der Waals surface area (Å²) in [5.41, 5.74) is 3.28. The molecule has 0 atom stereocenters. The van der Waals surface area contributed by atoms with Gasteiger partial charge in [-0.25, -0.2) is 4.79 Å². The van der Waals surface area contributed by atoms with E-state index in [1.807, 2.05) is 36.1 Å². The average Bonchev–Trinajstić information content (AvgIpc) is 2.74. The van der Waals surface area contributed by atoms with Crippen molar-refractivity contribution in [2.45, 2.75) is 20.4 Å². The van der Waals surface area contributed by atoms with Gasteiger partial charge < -0.3 is 14.7 Å². The fraction of sp³-hybridized carbons (Fsp3) is 0.200. The maximum atomic E-state index is 11.5. The number of carbonyl (C=O) groups is 1. The summed E-state index contributed by atoms with van der Waals surface area (Å²) in [7, 11) is 1.70. The lowest BCUT2D eigenvalue weighted by Gasteiger charge is -2.27. The van der Waals surface area contributed by atoms with Crippen molar-refractivity contribution in [3.8, 4) is 5.75 Å². The fourth-order valence-electron chi connectivity index (χ4n) is 2.96. The molecule has 5 nitrogen and oxygen atoms in total. The zero-order chi connectivity index (χ0) is 21.9. The van der Waals surface area contributed by atoms with Crippen molar-refractivity contribution < 1.29 is 14.6 Å². The summed E-state index contributed by atoms with van der Waals surface area (Å²) in [6.45, 7) is 8.65. The average molecular weight is 405 g/mol. The Kier molecular flexibility index (Phi) is 8.63. The van der Waals surface area contributed by atoms with Crippen LogP contribution in [0.15, 0.2) is 90.1 Å². The number of aryl methyl sites for hydroxylation is 1. The number of hydrogen-bond acceptors (Lipinski definition) is 3. The topological polar surface area (TPSA) is 62.1 Å². The Balaban J connectivity index is 2.35. The van der Waals surface area contributed by atoms with Crippen molar-refractivity contribution in [3.05, 3.63) is 102 Å². The number of aliphatic imine (C=N–C) groups is 1. The number of hydrogen-bond donors (Lipinski definition) is 1. The summed E-state index contributed by atoms with van der Waals surface area (Å²) in [5, 5.41) is 9.39. The Morgan fingerprint density at radius 3 is 2.63 bits per heavy atom. The van der Waals surface area contributed by atoms with Crippen LogP contribution in [0.4, 0.5) is 0 Å². The minimum absolute atomic E-state index is 0.117. The Hall–Kier alpha value is -3.60. The molecule has 0 aromatic heterocycles. The van der Waals surface area contributed by atoms with Gasteiger partial charge in [0.15, 0.2) is 0 Å². The Morgan fingerprint density at radius 1 is 1.23 bits per heavy atom. The van der Waals surface area contributed by atoms with Crippen LogP contribution in [0.25, 0.3) is 0 Å². The van der Waals surface area contributed by atoms with E-state index in [0.29, 0.717) is 18.1 Å². The maximum absolute atomic E-state index is 11.5. The second kappa shape index (κ2) is 11.4. The highest BCUT2D eigenvalue weighted by atomic mass is 16.5. The van der Waals surface area contributed by atoms with Crippen LogP contribution in [0, 0.1) is 6.92 Å². The highest BCUT2D eigenvalue weighted by molar-refractivity contribution is 5.91. The second-order valence-corrected chi connectivity index (χ2v) is 6.63. The zero-order valence-corrected chi connectivity index (χ0v) is 17.7. The fourth-order valence-corrected chi connectivity index (χ4v) is 2.96. The predicted molar refractivity (Wildman–Crippen MR) is 122 cm³/mol. The highest BCUT2D eigenvalue weighted by Gasteiger charge is 2.17. The molecule has 0 aliphatic heterocycles. The van der Waals surface area contributed by atoms with Crippen molar-refractivity contribution in [1.29, 1.82) is 0 Å². The zero-order valence-electron chi connectivity index (χ0n) is 17.7. The van der Waals surface area contributed by atoms with Crippen LogP contribution >= 0.6 is 0 Å². The van der Waals surface area contributed by atoms with E-state index in [9.17, 15) is 9.90 Å². The molecule has 0 aliphatic carbocycles. The molecule has 0 radical (unpaired) electrons. The summed E-state index contributed by atoms with van der Waals surface area (Å²) in [6.07, 6.45) is 7.61. The molecule has 0 heterocycles. The van der Waals surface area contributed by atoms with Gasteiger partial charge in [0.1, 0.15) is 23.8 Å². The summed E-state index contributed by atoms with van der Waals surface area (Å²) >= 11 is 0. The van der Waals surface area contributed by atoms with Gasteiger partial charge in [-0.2, -0.15) is 0 Å². The lowest BCUT2D eigenvalue weighted by molar-refractivity contribution is 0.0693. The van der Waals surface area contributed by atoms with Gasteiger partial charge in [0.2, 0.25) is 0 Å². The number of rotatable bonds is 9. The lowest BCUT2D eigenvalue weighted by atomic mass is 10.1. The summed E-state index contributed by atoms with van der Waals surface area (Å²) in [5.74, 6) is -0.0662. The third-order valence-corrected chi connectivity index (χ3v) is 4.45. The van der Waals surface area contributed by atoms with E-state index in [1.165, 1.54) is 11.6 Å². The van der Waals surface area contributed by atoms with E-state index in [0.717, 1.165) is 11.3 Å². The first kappa shape index (κ1) is 22.7. The number of aromatic carboxylic acids is 1. The van der Waals surface area contributed by atoms with Gasteiger partial charge in [-0.3, -0.25) is 4.99 Å². The molecular weight excluding hydrogens is 376 g/mol. The molecule has 2 rings (SSSR count). The van der Waals surface area contributed by atoms with E-state index in [2.05, 4.69) is 36.7 Å². The minimum atomic E-state index is -1.03. The first-order chi connectivity index (χ1) is 14.5. The van der Waals surface area contributed by atoms with Crippen LogP contribution < -0.4 is 4.74 Å². The third-order valence-electron chi connectivity index (χ3n) is 4.45. The molecule has 30 heavy (non-hydrogen) atoms. The van der Waals surface area contributed by atoms with Gasteiger partial charge in [-0.05, 0) is 43.7 Å². The quantitative estimate of drug-likeness (QED) is 0.352. The van der Waals surface area contributed by atoms with E-state index in [-0.39, 0.29) is 12.2 Å². The molecule has 2 aromatic carbocycles. The van der Waals surface area contributed by atoms with E-state index >= 15 is 0 Å². The standard InChI is InChI=1S/C25H28N2O3/c1-5-7-13-21(6-2)27(17-20-12-10-11-19(3)16-20)24(26-4)18-30-23-15-9-8-14-22(23)25(28)29/h5-16H,2,17-18H2,1,3-4H3,(H,28,29)/b7-5+,21-13+,26-24?. The van der Waals surface area contributed by atoms with Crippen molar-refractivity contribution in [1.82, 2.24) is 4.90 Å². The molecule has 1 N–H and O–H groups in total. The van der Waals surface area contributed by atoms with E-state index < -0.39 is 5.97 Å². The highest BCUT2D eigenvalue weighted by Crippen LogP contribution is 2.20. The first-order valence-electron chi connectivity index (χ1n) is 9.69. The summed E-state index contributed by atoms with van der Waals surface area (Å²) in [6, 6.07) is 14.8. The molecule has 2 aromatic rings. The Morgan fingerprint density at radius 2 is 2.00 bits per heavy atom. The molecule has 0 bridgehead atoms. The predicted octanol–water partition coefficient (Wildman–Crippen LogP) is 5.25. The van der Waals surface area contributed by atoms with Crippen molar-refractivity contribution >= 4 is 11.8 Å². The lowest BCUT2D eigenvalue weighted by Crippen LogP contribution is -2.34.